The van der Waals surface area contributed by atoms with Gasteiger partial charge in [0.1, 0.15) is 11.6 Å². The highest BCUT2D eigenvalue weighted by atomic mass is 32.2. The molecule has 0 radical (unpaired) electrons. The summed E-state index contributed by atoms with van der Waals surface area (Å²) in [5.74, 6) is 0.710. The fraction of sp³-hybridized carbons (Fsp3) is 0.167. The number of fused-ring (bicyclic) bond motifs is 3. The maximum Gasteiger partial charge on any atom is 0.247 e. The van der Waals surface area contributed by atoms with Crippen LogP contribution in [0.4, 0.5) is 10.1 Å². The van der Waals surface area contributed by atoms with Crippen LogP contribution in [0, 0.1) is 5.82 Å². The molecule has 7 nitrogen and oxygen atoms in total. The van der Waals surface area contributed by atoms with Gasteiger partial charge in [0.05, 0.1) is 5.69 Å². The largest absolute Gasteiger partial charge is 0.455 e. The quantitative estimate of drug-likeness (QED) is 0.371. The average molecular weight is 463 g/mol. The van der Waals surface area contributed by atoms with E-state index in [1.807, 2.05) is 30.5 Å². The first-order valence-electron chi connectivity index (χ1n) is 10.3. The van der Waals surface area contributed by atoms with Crippen molar-refractivity contribution in [1.82, 2.24) is 15.2 Å². The van der Waals surface area contributed by atoms with Crippen molar-refractivity contribution in [3.05, 3.63) is 72.2 Å². The molecule has 0 aliphatic carbocycles. The number of para-hydroxylation sites is 1. The summed E-state index contributed by atoms with van der Waals surface area (Å²) in [6, 6.07) is 16.9. The fourth-order valence-corrected chi connectivity index (χ4v) is 3.98. The van der Waals surface area contributed by atoms with Crippen molar-refractivity contribution in [1.29, 1.82) is 0 Å². The van der Waals surface area contributed by atoms with Crippen LogP contribution in [0.25, 0.3) is 22.6 Å². The second-order valence-corrected chi connectivity index (χ2v) is 8.04. The topological polar surface area (TPSA) is 81.4 Å². The molecule has 0 saturated carbocycles. The molecule has 2 aromatic heterocycles. The van der Waals surface area contributed by atoms with Crippen molar-refractivity contribution in [2.75, 3.05) is 11.2 Å². The van der Waals surface area contributed by atoms with Gasteiger partial charge in [-0.15, -0.1) is 10.2 Å². The normalized spacial score (nSPS) is 14.8. The number of halogens is 1. The van der Waals surface area contributed by atoms with Crippen molar-refractivity contribution in [3.63, 3.8) is 0 Å². The first-order chi connectivity index (χ1) is 16.1. The molecule has 9 heteroatoms. The minimum atomic E-state index is -0.916. The number of carbonyl (C=O) groups excluding carboxylic acids is 1. The van der Waals surface area contributed by atoms with Crippen molar-refractivity contribution in [2.45, 2.75) is 24.7 Å². The van der Waals surface area contributed by atoms with E-state index in [4.69, 9.17) is 9.15 Å². The van der Waals surface area contributed by atoms with Crippen LogP contribution >= 0.6 is 11.8 Å². The molecule has 5 rings (SSSR count). The predicted octanol–water partition coefficient (Wildman–Crippen LogP) is 5.49. The molecule has 1 atom stereocenters. The van der Waals surface area contributed by atoms with Gasteiger partial charge in [0.2, 0.25) is 23.2 Å². The van der Waals surface area contributed by atoms with Gasteiger partial charge in [-0.1, -0.05) is 36.9 Å². The van der Waals surface area contributed by atoms with Gasteiger partial charge in [-0.05, 0) is 48.7 Å². The highest BCUT2D eigenvalue weighted by Gasteiger charge is 2.37. The van der Waals surface area contributed by atoms with Crippen LogP contribution in [0.2, 0.25) is 0 Å². The molecule has 4 aromatic rings. The second-order valence-electron chi connectivity index (χ2n) is 7.27. The standard InChI is InChI=1S/C24H19FN4O3S/c1-3-20(30)29-17-7-5-4-6-16(17)21-22(26-24(33-2)28-27-21)32-23(29)19-13-12-18(31-19)14-8-10-15(25)11-9-14/h4-13,23H,3H2,1-2H3/t23-/m0/s1. The molecule has 0 N–H and O–H groups in total. The van der Waals surface area contributed by atoms with E-state index in [0.717, 1.165) is 0 Å². The van der Waals surface area contributed by atoms with Crippen molar-refractivity contribution in [3.8, 4) is 28.5 Å². The third kappa shape index (κ3) is 3.84. The molecule has 1 aliphatic rings. The van der Waals surface area contributed by atoms with Crippen molar-refractivity contribution < 1.29 is 18.3 Å². The van der Waals surface area contributed by atoms with Gasteiger partial charge in [-0.3, -0.25) is 9.69 Å². The highest BCUT2D eigenvalue weighted by Crippen LogP contribution is 2.44. The molecule has 33 heavy (non-hydrogen) atoms. The summed E-state index contributed by atoms with van der Waals surface area (Å²) in [4.78, 5) is 19.2. The monoisotopic (exact) mass is 462 g/mol. The molecule has 0 unspecified atom stereocenters. The number of thioether (sulfide) groups is 1. The number of nitrogens with zero attached hydrogens (tertiary/aromatic N) is 4. The summed E-state index contributed by atoms with van der Waals surface area (Å²) >= 11 is 1.34. The lowest BCUT2D eigenvalue weighted by Crippen LogP contribution is -2.37. The van der Waals surface area contributed by atoms with Gasteiger partial charge in [0.15, 0.2) is 11.5 Å². The third-order valence-electron chi connectivity index (χ3n) is 5.26. The number of ether oxygens (including phenoxy) is 1. The minimum absolute atomic E-state index is 0.155. The Labute approximate surface area is 193 Å². The maximum atomic E-state index is 13.4. The van der Waals surface area contributed by atoms with Crippen molar-refractivity contribution in [2.24, 2.45) is 0 Å². The van der Waals surface area contributed by atoms with E-state index in [2.05, 4.69) is 15.2 Å². The summed E-state index contributed by atoms with van der Waals surface area (Å²) in [7, 11) is 0. The van der Waals surface area contributed by atoms with E-state index in [1.54, 1.807) is 36.1 Å². The molecule has 0 saturated heterocycles. The van der Waals surface area contributed by atoms with E-state index in [9.17, 15) is 9.18 Å². The Morgan fingerprint density at radius 3 is 2.64 bits per heavy atom. The van der Waals surface area contributed by atoms with Crippen LogP contribution < -0.4 is 9.64 Å². The molecule has 0 spiro atoms. The van der Waals surface area contributed by atoms with Gasteiger partial charge in [0, 0.05) is 17.5 Å². The first kappa shape index (κ1) is 21.1. The van der Waals surface area contributed by atoms with Gasteiger partial charge in [-0.25, -0.2) is 4.39 Å². The lowest BCUT2D eigenvalue weighted by Gasteiger charge is -2.29. The summed E-state index contributed by atoms with van der Waals surface area (Å²) in [5.41, 5.74) is 2.47. The van der Waals surface area contributed by atoms with Gasteiger partial charge >= 0.3 is 0 Å². The number of anilines is 1. The molecule has 0 bridgehead atoms. The molecule has 166 valence electrons. The highest BCUT2D eigenvalue weighted by molar-refractivity contribution is 7.98. The number of carbonyl (C=O) groups is 1. The number of benzene rings is 2. The van der Waals surface area contributed by atoms with Crippen LogP contribution in [0.15, 0.2) is 70.2 Å². The second kappa shape index (κ2) is 8.67. The van der Waals surface area contributed by atoms with E-state index in [0.29, 0.717) is 39.2 Å². The number of rotatable bonds is 4. The molecule has 0 fully saturated rings. The van der Waals surface area contributed by atoms with Crippen LogP contribution in [-0.4, -0.2) is 27.3 Å². The Balaban J connectivity index is 1.67. The molecule has 3 heterocycles. The summed E-state index contributed by atoms with van der Waals surface area (Å²) in [5, 5.41) is 8.94. The van der Waals surface area contributed by atoms with Gasteiger partial charge < -0.3 is 9.15 Å². The van der Waals surface area contributed by atoms with Gasteiger partial charge in [0.25, 0.3) is 0 Å². The smallest absolute Gasteiger partial charge is 0.247 e. The van der Waals surface area contributed by atoms with Crippen molar-refractivity contribution >= 4 is 23.4 Å². The Kier molecular flexibility index (Phi) is 5.55. The number of amides is 1. The molecule has 1 aliphatic heterocycles. The average Bonchev–Trinajstić information content (AvgIpc) is 3.29. The van der Waals surface area contributed by atoms with E-state index < -0.39 is 6.23 Å². The Hall–Kier alpha value is -3.72. The Morgan fingerprint density at radius 1 is 1.09 bits per heavy atom. The zero-order valence-electron chi connectivity index (χ0n) is 17.9. The van der Waals surface area contributed by atoms with E-state index in [1.165, 1.54) is 23.9 Å². The lowest BCUT2D eigenvalue weighted by atomic mass is 10.1. The number of furan rings is 1. The minimum Gasteiger partial charge on any atom is -0.455 e. The van der Waals surface area contributed by atoms with Crippen LogP contribution in [0.1, 0.15) is 25.3 Å². The number of aromatic nitrogens is 3. The van der Waals surface area contributed by atoms with Gasteiger partial charge in [-0.2, -0.15) is 4.98 Å². The Bertz CT molecular complexity index is 1330. The third-order valence-corrected chi connectivity index (χ3v) is 5.80. The molecule has 1 amide bonds. The zero-order chi connectivity index (χ0) is 22.9. The van der Waals surface area contributed by atoms with E-state index >= 15 is 0 Å². The summed E-state index contributed by atoms with van der Waals surface area (Å²) < 4.78 is 25.8. The lowest BCUT2D eigenvalue weighted by molar-refractivity contribution is -0.120. The van der Waals surface area contributed by atoms with E-state index in [-0.39, 0.29) is 24.0 Å². The maximum absolute atomic E-state index is 13.4. The zero-order valence-corrected chi connectivity index (χ0v) is 18.7. The summed E-state index contributed by atoms with van der Waals surface area (Å²) in [6.45, 7) is 1.79. The fourth-order valence-electron chi connectivity index (χ4n) is 3.68. The number of hydrogen-bond acceptors (Lipinski definition) is 7. The molecular weight excluding hydrogens is 443 g/mol. The van der Waals surface area contributed by atoms with Crippen LogP contribution in [0.3, 0.4) is 0 Å². The van der Waals surface area contributed by atoms with Crippen LogP contribution in [-0.2, 0) is 4.79 Å². The number of hydrogen-bond donors (Lipinski definition) is 0. The summed E-state index contributed by atoms with van der Waals surface area (Å²) in [6.07, 6.45) is 1.19. The first-order valence-corrected chi connectivity index (χ1v) is 11.5. The molecule has 2 aromatic carbocycles. The SMILES string of the molecule is CCC(=O)N1c2ccccc2-c2nnc(SC)nc2O[C@H]1c1ccc(-c2ccc(F)cc2)o1. The molecular formula is C24H19FN4O3S. The van der Waals surface area contributed by atoms with Crippen LogP contribution in [0.5, 0.6) is 5.88 Å². The Morgan fingerprint density at radius 2 is 1.88 bits per heavy atom. The predicted molar refractivity (Wildman–Crippen MR) is 122 cm³/mol.